The summed E-state index contributed by atoms with van der Waals surface area (Å²) in [6, 6.07) is 20.3. The highest BCUT2D eigenvalue weighted by atomic mass is 16.5. The highest BCUT2D eigenvalue weighted by Crippen LogP contribution is 2.47. The van der Waals surface area contributed by atoms with E-state index in [0.717, 1.165) is 38.0 Å². The quantitative estimate of drug-likeness (QED) is 0.515. The Hall–Kier alpha value is -2.74. The van der Waals surface area contributed by atoms with Crippen LogP contribution in [0.5, 0.6) is 5.75 Å². The van der Waals surface area contributed by atoms with E-state index in [4.69, 9.17) is 4.74 Å². The summed E-state index contributed by atoms with van der Waals surface area (Å²) in [4.78, 5) is 2.43. The highest BCUT2D eigenvalue weighted by molar-refractivity contribution is 5.85. The van der Waals surface area contributed by atoms with Crippen LogP contribution in [0.15, 0.2) is 54.6 Å². The van der Waals surface area contributed by atoms with E-state index < -0.39 is 0 Å². The smallest absolute Gasteiger partial charge is 0.146 e. The van der Waals surface area contributed by atoms with Crippen molar-refractivity contribution in [3.05, 3.63) is 82.4 Å². The Labute approximate surface area is 161 Å². The molecule has 3 aromatic rings. The fourth-order valence-electron chi connectivity index (χ4n) is 4.47. The molecule has 0 radical (unpaired) electrons. The summed E-state index contributed by atoms with van der Waals surface area (Å²) in [6.45, 7) is 5.17. The van der Waals surface area contributed by atoms with Gasteiger partial charge in [-0.15, -0.1) is 0 Å². The summed E-state index contributed by atoms with van der Waals surface area (Å²) in [6.07, 6.45) is 4.33. The van der Waals surface area contributed by atoms with Gasteiger partial charge in [0.05, 0.1) is 12.3 Å². The molecule has 2 heterocycles. The van der Waals surface area contributed by atoms with Crippen molar-refractivity contribution in [3.8, 4) is 5.75 Å². The second-order valence-electron chi connectivity index (χ2n) is 7.82. The lowest BCUT2D eigenvalue weighted by atomic mass is 10.0. The number of anilines is 3. The second-order valence-corrected chi connectivity index (χ2v) is 7.82. The van der Waals surface area contributed by atoms with Crippen LogP contribution in [0, 0.1) is 13.8 Å². The SMILES string of the molecule is Cc1ccc2c(c1)CCc1cc(C)ccc1N2c1cccc2c1OCCC2. The standard InChI is InChI=1S/C25H25NO/c1-17-8-12-22-20(15-17)10-11-21-16-18(2)9-13-23(21)26(22)24-7-3-5-19-6-4-14-27-25(19)24/h3,5,7-9,12-13,15-16H,4,6,10-11,14H2,1-2H3. The van der Waals surface area contributed by atoms with Crippen LogP contribution in [0.25, 0.3) is 0 Å². The summed E-state index contributed by atoms with van der Waals surface area (Å²) in [5.41, 5.74) is 10.5. The Balaban J connectivity index is 1.78. The molecule has 0 aliphatic carbocycles. The third-order valence-corrected chi connectivity index (χ3v) is 5.77. The van der Waals surface area contributed by atoms with Crippen LogP contribution in [-0.4, -0.2) is 6.61 Å². The molecule has 0 saturated heterocycles. The van der Waals surface area contributed by atoms with Crippen molar-refractivity contribution in [1.29, 1.82) is 0 Å². The number of para-hydroxylation sites is 1. The van der Waals surface area contributed by atoms with Crippen molar-refractivity contribution in [2.75, 3.05) is 11.5 Å². The summed E-state index contributed by atoms with van der Waals surface area (Å²) in [5, 5.41) is 0. The van der Waals surface area contributed by atoms with E-state index in [1.54, 1.807) is 0 Å². The minimum Gasteiger partial charge on any atom is -0.491 e. The number of benzene rings is 3. The monoisotopic (exact) mass is 355 g/mol. The molecule has 0 unspecified atom stereocenters. The minimum absolute atomic E-state index is 0.805. The van der Waals surface area contributed by atoms with E-state index in [1.165, 1.54) is 44.9 Å². The number of hydrogen-bond acceptors (Lipinski definition) is 2. The maximum Gasteiger partial charge on any atom is 0.146 e. The molecule has 2 aliphatic rings. The Morgan fingerprint density at radius 1 is 0.704 bits per heavy atom. The van der Waals surface area contributed by atoms with Gasteiger partial charge < -0.3 is 9.64 Å². The highest BCUT2D eigenvalue weighted by Gasteiger charge is 2.26. The van der Waals surface area contributed by atoms with Gasteiger partial charge in [0.15, 0.2) is 0 Å². The molecule has 2 aliphatic heterocycles. The number of hydrogen-bond donors (Lipinski definition) is 0. The first-order chi connectivity index (χ1) is 13.2. The molecule has 2 nitrogen and oxygen atoms in total. The van der Waals surface area contributed by atoms with Crippen LogP contribution in [0.4, 0.5) is 17.1 Å². The Morgan fingerprint density at radius 3 is 2.04 bits per heavy atom. The third-order valence-electron chi connectivity index (χ3n) is 5.77. The van der Waals surface area contributed by atoms with Crippen molar-refractivity contribution < 1.29 is 4.74 Å². The molecule has 0 N–H and O–H groups in total. The van der Waals surface area contributed by atoms with Crippen molar-refractivity contribution in [2.24, 2.45) is 0 Å². The van der Waals surface area contributed by atoms with Crippen LogP contribution in [-0.2, 0) is 19.3 Å². The Bertz CT molecular complexity index is 967. The van der Waals surface area contributed by atoms with Gasteiger partial charge in [0.1, 0.15) is 5.75 Å². The number of nitrogens with zero attached hydrogens (tertiary/aromatic N) is 1. The molecule has 0 aromatic heterocycles. The molecule has 0 amide bonds. The molecular formula is C25H25NO. The predicted octanol–water partition coefficient (Wildman–Crippen LogP) is 6.20. The molecule has 3 aromatic carbocycles. The van der Waals surface area contributed by atoms with E-state index >= 15 is 0 Å². The maximum absolute atomic E-state index is 6.18. The van der Waals surface area contributed by atoms with Gasteiger partial charge in [0, 0.05) is 11.4 Å². The molecule has 0 bridgehead atoms. The first kappa shape index (κ1) is 16.4. The normalized spacial score (nSPS) is 15.3. The van der Waals surface area contributed by atoms with E-state index in [-0.39, 0.29) is 0 Å². The largest absolute Gasteiger partial charge is 0.491 e. The van der Waals surface area contributed by atoms with E-state index in [1.807, 2.05) is 0 Å². The molecule has 27 heavy (non-hydrogen) atoms. The van der Waals surface area contributed by atoms with Crippen molar-refractivity contribution in [1.82, 2.24) is 0 Å². The number of fused-ring (bicyclic) bond motifs is 3. The maximum atomic E-state index is 6.18. The number of aryl methyl sites for hydroxylation is 5. The average molecular weight is 355 g/mol. The lowest BCUT2D eigenvalue weighted by molar-refractivity contribution is 0.289. The molecule has 2 heteroatoms. The molecule has 0 saturated carbocycles. The fraction of sp³-hybridized carbons (Fsp3) is 0.280. The van der Waals surface area contributed by atoms with E-state index in [0.29, 0.717) is 0 Å². The van der Waals surface area contributed by atoms with Crippen LogP contribution < -0.4 is 9.64 Å². The van der Waals surface area contributed by atoms with Gasteiger partial charge in [0.2, 0.25) is 0 Å². The molecule has 0 atom stereocenters. The fourth-order valence-corrected chi connectivity index (χ4v) is 4.47. The lowest BCUT2D eigenvalue weighted by Gasteiger charge is -2.31. The Morgan fingerprint density at radius 2 is 1.37 bits per heavy atom. The zero-order valence-electron chi connectivity index (χ0n) is 16.1. The second kappa shape index (κ2) is 6.45. The van der Waals surface area contributed by atoms with E-state index in [2.05, 4.69) is 73.3 Å². The number of ether oxygens (including phenoxy) is 1. The van der Waals surface area contributed by atoms with Gasteiger partial charge in [-0.05, 0) is 74.4 Å². The van der Waals surface area contributed by atoms with Gasteiger partial charge in [-0.1, -0.05) is 47.5 Å². The van der Waals surface area contributed by atoms with Crippen LogP contribution in [0.3, 0.4) is 0 Å². The molecule has 0 spiro atoms. The summed E-state index contributed by atoms with van der Waals surface area (Å²) >= 11 is 0. The molecule has 5 rings (SSSR count). The van der Waals surface area contributed by atoms with Crippen LogP contribution in [0.2, 0.25) is 0 Å². The zero-order chi connectivity index (χ0) is 18.4. The average Bonchev–Trinajstić information content (AvgIpc) is 2.84. The van der Waals surface area contributed by atoms with Crippen molar-refractivity contribution in [3.63, 3.8) is 0 Å². The van der Waals surface area contributed by atoms with E-state index in [9.17, 15) is 0 Å². The first-order valence-corrected chi connectivity index (χ1v) is 9.94. The van der Waals surface area contributed by atoms with Crippen LogP contribution in [0.1, 0.15) is 34.2 Å². The minimum atomic E-state index is 0.805. The van der Waals surface area contributed by atoms with Crippen molar-refractivity contribution >= 4 is 17.1 Å². The van der Waals surface area contributed by atoms with Crippen molar-refractivity contribution in [2.45, 2.75) is 39.5 Å². The molecule has 136 valence electrons. The Kier molecular flexibility index (Phi) is 3.93. The topological polar surface area (TPSA) is 12.5 Å². The lowest BCUT2D eigenvalue weighted by Crippen LogP contribution is -2.16. The summed E-state index contributed by atoms with van der Waals surface area (Å²) in [7, 11) is 0. The van der Waals surface area contributed by atoms with Gasteiger partial charge in [-0.2, -0.15) is 0 Å². The predicted molar refractivity (Wildman–Crippen MR) is 112 cm³/mol. The molecular weight excluding hydrogens is 330 g/mol. The zero-order valence-corrected chi connectivity index (χ0v) is 16.1. The van der Waals surface area contributed by atoms with Gasteiger partial charge in [0.25, 0.3) is 0 Å². The molecule has 0 fully saturated rings. The van der Waals surface area contributed by atoms with Gasteiger partial charge in [-0.3, -0.25) is 0 Å². The first-order valence-electron chi connectivity index (χ1n) is 9.94. The third kappa shape index (κ3) is 2.80. The number of rotatable bonds is 1. The van der Waals surface area contributed by atoms with Crippen LogP contribution >= 0.6 is 0 Å². The van der Waals surface area contributed by atoms with Gasteiger partial charge in [-0.25, -0.2) is 0 Å². The summed E-state index contributed by atoms with van der Waals surface area (Å²) in [5.74, 6) is 1.06. The van der Waals surface area contributed by atoms with Gasteiger partial charge >= 0.3 is 0 Å². The summed E-state index contributed by atoms with van der Waals surface area (Å²) < 4.78 is 6.18.